The molecule has 1 saturated heterocycles. The van der Waals surface area contributed by atoms with Crippen molar-refractivity contribution < 1.29 is 19.1 Å². The van der Waals surface area contributed by atoms with Gasteiger partial charge in [-0.2, -0.15) is 0 Å². The van der Waals surface area contributed by atoms with Gasteiger partial charge in [0.1, 0.15) is 0 Å². The Labute approximate surface area is 162 Å². The van der Waals surface area contributed by atoms with E-state index in [4.69, 9.17) is 16.3 Å². The zero-order valence-electron chi connectivity index (χ0n) is 14.8. The van der Waals surface area contributed by atoms with Gasteiger partial charge in [-0.25, -0.2) is 4.79 Å². The third-order valence-corrected chi connectivity index (χ3v) is 4.53. The van der Waals surface area contributed by atoms with E-state index in [0.29, 0.717) is 29.4 Å². The van der Waals surface area contributed by atoms with Crippen LogP contribution in [-0.2, 0) is 14.3 Å². The summed E-state index contributed by atoms with van der Waals surface area (Å²) >= 11 is 5.93. The summed E-state index contributed by atoms with van der Waals surface area (Å²) in [5.74, 6) is -1.14. The van der Waals surface area contributed by atoms with Gasteiger partial charge in [-0.05, 0) is 43.2 Å². The van der Waals surface area contributed by atoms with Crippen molar-refractivity contribution in [3.63, 3.8) is 0 Å². The van der Waals surface area contributed by atoms with Gasteiger partial charge in [-0.15, -0.1) is 0 Å². The number of esters is 1. The van der Waals surface area contributed by atoms with E-state index in [1.807, 2.05) is 6.92 Å². The second kappa shape index (κ2) is 8.22. The molecule has 2 aromatic rings. The first kappa shape index (κ1) is 18.9. The highest BCUT2D eigenvalue weighted by Crippen LogP contribution is 2.26. The molecule has 0 unspecified atom stereocenters. The van der Waals surface area contributed by atoms with Crippen molar-refractivity contribution in [1.82, 2.24) is 0 Å². The highest BCUT2D eigenvalue weighted by Gasteiger charge is 2.26. The number of amides is 2. The van der Waals surface area contributed by atoms with Gasteiger partial charge < -0.3 is 15.0 Å². The molecular weight excluding hydrogens is 368 g/mol. The summed E-state index contributed by atoms with van der Waals surface area (Å²) in [6.07, 6.45) is 1.22. The lowest BCUT2D eigenvalue weighted by Gasteiger charge is -2.18. The molecule has 1 N–H and O–H groups in total. The molecule has 0 saturated carbocycles. The maximum atomic E-state index is 12.4. The molecule has 1 aliphatic rings. The van der Waals surface area contributed by atoms with E-state index in [1.165, 1.54) is 0 Å². The van der Waals surface area contributed by atoms with Crippen molar-refractivity contribution in [2.75, 3.05) is 23.4 Å². The van der Waals surface area contributed by atoms with E-state index >= 15 is 0 Å². The van der Waals surface area contributed by atoms with Gasteiger partial charge in [0.25, 0.3) is 5.91 Å². The van der Waals surface area contributed by atoms with Crippen molar-refractivity contribution >= 4 is 40.8 Å². The van der Waals surface area contributed by atoms with Gasteiger partial charge >= 0.3 is 5.97 Å². The molecule has 0 aromatic heterocycles. The minimum atomic E-state index is -0.650. The number of hydrogen-bond acceptors (Lipinski definition) is 4. The van der Waals surface area contributed by atoms with E-state index in [-0.39, 0.29) is 11.5 Å². The van der Waals surface area contributed by atoms with Crippen molar-refractivity contribution in [1.29, 1.82) is 0 Å². The van der Waals surface area contributed by atoms with Gasteiger partial charge in [0.15, 0.2) is 6.61 Å². The molecule has 27 heavy (non-hydrogen) atoms. The first-order valence-corrected chi connectivity index (χ1v) is 8.96. The van der Waals surface area contributed by atoms with Crippen molar-refractivity contribution in [2.45, 2.75) is 19.8 Å². The SMILES string of the molecule is Cc1ccc(Cl)cc1NC(=O)COC(=O)c1ccccc1N1CCCC1=O. The molecule has 1 aliphatic heterocycles. The Balaban J connectivity index is 1.65. The molecule has 7 heteroatoms. The van der Waals surface area contributed by atoms with Gasteiger partial charge in [0, 0.05) is 23.7 Å². The van der Waals surface area contributed by atoms with Crippen LogP contribution in [0.15, 0.2) is 42.5 Å². The Morgan fingerprint density at radius 1 is 1.22 bits per heavy atom. The summed E-state index contributed by atoms with van der Waals surface area (Å²) < 4.78 is 5.15. The van der Waals surface area contributed by atoms with Gasteiger partial charge in [0.05, 0.1) is 11.3 Å². The quantitative estimate of drug-likeness (QED) is 0.797. The molecule has 0 radical (unpaired) electrons. The number of ether oxygens (including phenoxy) is 1. The summed E-state index contributed by atoms with van der Waals surface area (Å²) in [6, 6.07) is 11.9. The third-order valence-electron chi connectivity index (χ3n) is 4.30. The first-order chi connectivity index (χ1) is 13.0. The van der Waals surface area contributed by atoms with Gasteiger partial charge in [-0.1, -0.05) is 29.8 Å². The molecule has 6 nitrogen and oxygen atoms in total. The third kappa shape index (κ3) is 4.46. The largest absolute Gasteiger partial charge is 0.452 e. The van der Waals surface area contributed by atoms with E-state index < -0.39 is 18.5 Å². The Hall–Kier alpha value is -2.86. The van der Waals surface area contributed by atoms with Crippen molar-refractivity contribution in [3.8, 4) is 0 Å². The molecule has 140 valence electrons. The number of para-hydroxylation sites is 1. The van der Waals surface area contributed by atoms with Crippen LogP contribution in [0.2, 0.25) is 5.02 Å². The van der Waals surface area contributed by atoms with Crippen LogP contribution in [0.3, 0.4) is 0 Å². The molecule has 0 aliphatic carbocycles. The Morgan fingerprint density at radius 3 is 2.74 bits per heavy atom. The number of nitrogens with one attached hydrogen (secondary N) is 1. The van der Waals surface area contributed by atoms with Crippen molar-refractivity contribution in [2.24, 2.45) is 0 Å². The molecule has 0 spiro atoms. The molecular formula is C20H19ClN2O4. The minimum absolute atomic E-state index is 0.0237. The highest BCUT2D eigenvalue weighted by atomic mass is 35.5. The lowest BCUT2D eigenvalue weighted by molar-refractivity contribution is -0.119. The number of hydrogen-bond donors (Lipinski definition) is 1. The van der Waals surface area contributed by atoms with Crippen molar-refractivity contribution in [3.05, 3.63) is 58.6 Å². The summed E-state index contributed by atoms with van der Waals surface area (Å²) in [7, 11) is 0. The van der Waals surface area contributed by atoms with Crippen LogP contribution in [0.5, 0.6) is 0 Å². The number of anilines is 2. The number of benzene rings is 2. The predicted octanol–water partition coefficient (Wildman–Crippen LogP) is 3.57. The van der Waals surface area contributed by atoms with Crippen LogP contribution < -0.4 is 10.2 Å². The normalized spacial score (nSPS) is 13.6. The number of carbonyl (C=O) groups is 3. The topological polar surface area (TPSA) is 75.7 Å². The predicted molar refractivity (Wildman–Crippen MR) is 103 cm³/mol. The van der Waals surface area contributed by atoms with Crippen LogP contribution >= 0.6 is 11.6 Å². The molecule has 1 heterocycles. The van der Waals surface area contributed by atoms with E-state index in [9.17, 15) is 14.4 Å². The lowest BCUT2D eigenvalue weighted by atomic mass is 10.1. The van der Waals surface area contributed by atoms with Crippen LogP contribution in [0.25, 0.3) is 0 Å². The standard InChI is InChI=1S/C20H19ClN2O4/c1-13-8-9-14(21)11-16(13)22-18(24)12-27-20(26)15-5-2-3-6-17(15)23-10-4-7-19(23)25/h2-3,5-6,8-9,11H,4,7,10,12H2,1H3,(H,22,24). The molecule has 2 aromatic carbocycles. The fourth-order valence-corrected chi connectivity index (χ4v) is 3.08. The number of rotatable bonds is 5. The van der Waals surface area contributed by atoms with E-state index in [1.54, 1.807) is 47.4 Å². The van der Waals surface area contributed by atoms with Gasteiger partial charge in [-0.3, -0.25) is 9.59 Å². The lowest BCUT2D eigenvalue weighted by Crippen LogP contribution is -2.27. The van der Waals surface area contributed by atoms with Crippen LogP contribution in [0.4, 0.5) is 11.4 Å². The second-order valence-electron chi connectivity index (χ2n) is 6.25. The summed E-state index contributed by atoms with van der Waals surface area (Å²) in [4.78, 5) is 38.1. The van der Waals surface area contributed by atoms with E-state index in [2.05, 4.69) is 5.32 Å². The first-order valence-electron chi connectivity index (χ1n) is 8.58. The average Bonchev–Trinajstić information content (AvgIpc) is 3.08. The fraction of sp³-hybridized carbons (Fsp3) is 0.250. The average molecular weight is 387 g/mol. The molecule has 0 atom stereocenters. The smallest absolute Gasteiger partial charge is 0.340 e. The molecule has 3 rings (SSSR count). The van der Waals surface area contributed by atoms with E-state index in [0.717, 1.165) is 12.0 Å². The maximum absolute atomic E-state index is 12.4. The maximum Gasteiger partial charge on any atom is 0.340 e. The Morgan fingerprint density at radius 2 is 2.00 bits per heavy atom. The summed E-state index contributed by atoms with van der Waals surface area (Å²) in [5.41, 5.74) is 2.18. The zero-order valence-corrected chi connectivity index (χ0v) is 15.6. The van der Waals surface area contributed by atoms with Crippen LogP contribution in [0.1, 0.15) is 28.8 Å². The zero-order chi connectivity index (χ0) is 19.4. The Kier molecular flexibility index (Phi) is 5.76. The summed E-state index contributed by atoms with van der Waals surface area (Å²) in [6.45, 7) is 1.96. The second-order valence-corrected chi connectivity index (χ2v) is 6.69. The monoisotopic (exact) mass is 386 g/mol. The van der Waals surface area contributed by atoms with Crippen LogP contribution in [-0.4, -0.2) is 30.9 Å². The number of halogens is 1. The fourth-order valence-electron chi connectivity index (χ4n) is 2.91. The minimum Gasteiger partial charge on any atom is -0.452 e. The van der Waals surface area contributed by atoms with Gasteiger partial charge in [0.2, 0.25) is 5.91 Å². The number of aryl methyl sites for hydroxylation is 1. The molecule has 1 fully saturated rings. The highest BCUT2D eigenvalue weighted by molar-refractivity contribution is 6.31. The summed E-state index contributed by atoms with van der Waals surface area (Å²) in [5, 5.41) is 3.17. The molecule has 0 bridgehead atoms. The molecule has 2 amide bonds. The Bertz CT molecular complexity index is 897. The number of carbonyl (C=O) groups excluding carboxylic acids is 3. The van der Waals surface area contributed by atoms with Crippen LogP contribution in [0, 0.1) is 6.92 Å². The number of nitrogens with zero attached hydrogens (tertiary/aromatic N) is 1.